The Morgan fingerprint density at radius 1 is 0.767 bits per heavy atom. The quantitative estimate of drug-likeness (QED) is 0.335. The zero-order valence-corrected chi connectivity index (χ0v) is 20.5. The maximum absolute atomic E-state index is 8.18. The standard InChI is InChI=1S/2C9H16N2.C4H11O3P/c2*1-3-5-6-9-10-7-8-11(9)4-2;1-2-3-4-7-8(5)6/h2*7-8H,3-6H2,1-2H3;5-6H,2-4H2,1H3. The van der Waals surface area contributed by atoms with Gasteiger partial charge in [0.1, 0.15) is 11.6 Å². The van der Waals surface area contributed by atoms with Crippen molar-refractivity contribution >= 4 is 8.60 Å². The number of imidazole rings is 2. The minimum Gasteiger partial charge on any atom is -0.335 e. The first-order valence-electron chi connectivity index (χ1n) is 11.3. The summed E-state index contributed by atoms with van der Waals surface area (Å²) in [4.78, 5) is 24.9. The van der Waals surface area contributed by atoms with Crippen molar-refractivity contribution in [3.8, 4) is 0 Å². The summed E-state index contributed by atoms with van der Waals surface area (Å²) >= 11 is 0. The second-order valence-electron chi connectivity index (χ2n) is 6.91. The van der Waals surface area contributed by atoms with Gasteiger partial charge < -0.3 is 23.4 Å². The Morgan fingerprint density at radius 2 is 1.20 bits per heavy atom. The molecule has 8 heteroatoms. The molecular formula is C22H43N4O3P. The largest absolute Gasteiger partial charge is 0.335 e. The second-order valence-corrected chi connectivity index (χ2v) is 7.67. The highest BCUT2D eigenvalue weighted by Gasteiger charge is 1.99. The number of hydrogen-bond acceptors (Lipinski definition) is 5. The first-order chi connectivity index (χ1) is 14.5. The number of aryl methyl sites for hydroxylation is 4. The summed E-state index contributed by atoms with van der Waals surface area (Å²) in [7, 11) is -2.11. The average molecular weight is 443 g/mol. The number of nitrogens with zero attached hydrogens (tertiary/aromatic N) is 4. The lowest BCUT2D eigenvalue weighted by Gasteiger charge is -2.02. The fourth-order valence-electron chi connectivity index (χ4n) is 2.67. The molecule has 0 atom stereocenters. The van der Waals surface area contributed by atoms with E-state index in [2.05, 4.69) is 51.3 Å². The lowest BCUT2D eigenvalue weighted by Crippen LogP contribution is -2.00. The van der Waals surface area contributed by atoms with Crippen LogP contribution in [0.1, 0.15) is 84.8 Å². The summed E-state index contributed by atoms with van der Waals surface area (Å²) in [6.45, 7) is 13.3. The molecule has 7 nitrogen and oxygen atoms in total. The van der Waals surface area contributed by atoms with Gasteiger partial charge in [0.25, 0.3) is 0 Å². The van der Waals surface area contributed by atoms with E-state index in [1.54, 1.807) is 0 Å². The molecule has 0 saturated carbocycles. The first-order valence-corrected chi connectivity index (χ1v) is 12.5. The summed E-state index contributed by atoms with van der Waals surface area (Å²) < 4.78 is 8.87. The van der Waals surface area contributed by atoms with Gasteiger partial charge in [0.2, 0.25) is 0 Å². The topological polar surface area (TPSA) is 85.3 Å². The van der Waals surface area contributed by atoms with Crippen LogP contribution in [-0.4, -0.2) is 35.5 Å². The molecule has 2 rings (SSSR count). The van der Waals surface area contributed by atoms with Crippen molar-refractivity contribution < 1.29 is 14.3 Å². The van der Waals surface area contributed by atoms with Crippen LogP contribution in [0.5, 0.6) is 0 Å². The van der Waals surface area contributed by atoms with E-state index >= 15 is 0 Å². The maximum atomic E-state index is 8.18. The normalized spacial score (nSPS) is 10.4. The summed E-state index contributed by atoms with van der Waals surface area (Å²) in [6, 6.07) is 0. The van der Waals surface area contributed by atoms with Gasteiger partial charge in [0.15, 0.2) is 0 Å². The minimum absolute atomic E-state index is 0.454. The van der Waals surface area contributed by atoms with E-state index in [-0.39, 0.29) is 0 Å². The number of hydrogen-bond donors (Lipinski definition) is 2. The molecule has 174 valence electrons. The highest BCUT2D eigenvalue weighted by Crippen LogP contribution is 2.24. The van der Waals surface area contributed by atoms with E-state index in [9.17, 15) is 0 Å². The van der Waals surface area contributed by atoms with Crippen LogP contribution in [0.3, 0.4) is 0 Å². The molecule has 2 N–H and O–H groups in total. The summed E-state index contributed by atoms with van der Waals surface area (Å²) in [5.74, 6) is 2.46. The molecule has 0 aliphatic carbocycles. The van der Waals surface area contributed by atoms with Crippen LogP contribution >= 0.6 is 8.60 Å². The van der Waals surface area contributed by atoms with Crippen molar-refractivity contribution in [2.24, 2.45) is 0 Å². The summed E-state index contributed by atoms with van der Waals surface area (Å²) in [6.07, 6.45) is 17.0. The van der Waals surface area contributed by atoms with E-state index < -0.39 is 8.60 Å². The Kier molecular flexibility index (Phi) is 18.8. The number of aromatic nitrogens is 4. The van der Waals surface area contributed by atoms with Crippen LogP contribution in [0.4, 0.5) is 0 Å². The first kappa shape index (κ1) is 28.7. The lowest BCUT2D eigenvalue weighted by atomic mass is 10.2. The molecule has 0 unspecified atom stereocenters. The van der Waals surface area contributed by atoms with E-state index in [4.69, 9.17) is 9.79 Å². The monoisotopic (exact) mass is 442 g/mol. The Bertz CT molecular complexity index is 571. The predicted molar refractivity (Wildman–Crippen MR) is 125 cm³/mol. The molecule has 0 bridgehead atoms. The molecule has 0 spiro atoms. The van der Waals surface area contributed by atoms with E-state index in [1.807, 2.05) is 31.7 Å². The SMILES string of the molecule is CCCCOP(O)O.CCCCc1nccn1CC.CCCCc1nccn1CC. The summed E-state index contributed by atoms with van der Waals surface area (Å²) in [5, 5.41) is 0. The van der Waals surface area contributed by atoms with Crippen molar-refractivity contribution in [1.29, 1.82) is 0 Å². The van der Waals surface area contributed by atoms with Gasteiger partial charge in [-0.25, -0.2) is 9.97 Å². The molecule has 2 heterocycles. The maximum Gasteiger partial charge on any atom is 0.327 e. The molecule has 0 aliphatic rings. The molecule has 0 aromatic carbocycles. The molecule has 0 fully saturated rings. The minimum atomic E-state index is -2.11. The van der Waals surface area contributed by atoms with Gasteiger partial charge in [-0.05, 0) is 33.1 Å². The van der Waals surface area contributed by atoms with Gasteiger partial charge in [-0.1, -0.05) is 40.0 Å². The van der Waals surface area contributed by atoms with E-state index in [1.165, 1.54) is 37.3 Å². The third kappa shape index (κ3) is 13.9. The molecule has 0 amide bonds. The molecule has 30 heavy (non-hydrogen) atoms. The average Bonchev–Trinajstić information content (AvgIpc) is 3.40. The fraction of sp³-hybridized carbons (Fsp3) is 0.727. The van der Waals surface area contributed by atoms with Crippen molar-refractivity contribution in [3.63, 3.8) is 0 Å². The molecule has 0 aliphatic heterocycles. The molecule has 2 aromatic heterocycles. The zero-order valence-electron chi connectivity index (χ0n) is 19.6. The van der Waals surface area contributed by atoms with Gasteiger partial charge in [-0.2, -0.15) is 0 Å². The van der Waals surface area contributed by atoms with Gasteiger partial charge in [-0.15, -0.1) is 0 Å². The second kappa shape index (κ2) is 19.7. The van der Waals surface area contributed by atoms with Crippen LogP contribution in [0.15, 0.2) is 24.8 Å². The Balaban J connectivity index is 0.000000428. The van der Waals surface area contributed by atoms with Crippen LogP contribution in [0.25, 0.3) is 0 Å². The molecule has 0 radical (unpaired) electrons. The van der Waals surface area contributed by atoms with E-state index in [0.717, 1.165) is 38.8 Å². The lowest BCUT2D eigenvalue weighted by molar-refractivity contribution is 0.251. The van der Waals surface area contributed by atoms with Gasteiger partial charge in [-0.3, -0.25) is 0 Å². The van der Waals surface area contributed by atoms with Crippen molar-refractivity contribution in [2.45, 2.75) is 99.1 Å². The Hall–Kier alpha value is -1.27. The molecule has 2 aromatic rings. The van der Waals surface area contributed by atoms with Gasteiger partial charge in [0, 0.05) is 50.7 Å². The Labute approximate surface area is 184 Å². The van der Waals surface area contributed by atoms with Crippen LogP contribution in [0, 0.1) is 0 Å². The zero-order chi connectivity index (χ0) is 22.6. The summed E-state index contributed by atoms with van der Waals surface area (Å²) in [5.41, 5.74) is 0. The highest BCUT2D eigenvalue weighted by molar-refractivity contribution is 7.39. The predicted octanol–water partition coefficient (Wildman–Crippen LogP) is 5.51. The number of rotatable bonds is 12. The van der Waals surface area contributed by atoms with Crippen LogP contribution in [0.2, 0.25) is 0 Å². The smallest absolute Gasteiger partial charge is 0.327 e. The third-order valence-electron chi connectivity index (χ3n) is 4.50. The fourth-order valence-corrected chi connectivity index (χ4v) is 2.96. The third-order valence-corrected chi connectivity index (χ3v) is 4.91. The Morgan fingerprint density at radius 3 is 1.53 bits per heavy atom. The van der Waals surface area contributed by atoms with Crippen LogP contribution < -0.4 is 0 Å². The van der Waals surface area contributed by atoms with Gasteiger partial charge in [0.05, 0.1) is 6.61 Å². The molecule has 0 saturated heterocycles. The van der Waals surface area contributed by atoms with Crippen molar-refractivity contribution in [3.05, 3.63) is 36.4 Å². The van der Waals surface area contributed by atoms with E-state index in [0.29, 0.717) is 6.61 Å². The van der Waals surface area contributed by atoms with Gasteiger partial charge >= 0.3 is 8.60 Å². The number of unbranched alkanes of at least 4 members (excludes halogenated alkanes) is 3. The van der Waals surface area contributed by atoms with Crippen molar-refractivity contribution in [2.75, 3.05) is 6.61 Å². The molecular weight excluding hydrogens is 399 g/mol. The van der Waals surface area contributed by atoms with Crippen molar-refractivity contribution in [1.82, 2.24) is 19.1 Å². The highest BCUT2D eigenvalue weighted by atomic mass is 31.2. The van der Waals surface area contributed by atoms with Crippen LogP contribution in [-0.2, 0) is 30.5 Å².